The van der Waals surface area contributed by atoms with Gasteiger partial charge in [0.25, 0.3) is 0 Å². The summed E-state index contributed by atoms with van der Waals surface area (Å²) in [5, 5.41) is 10.2. The first-order valence-electron chi connectivity index (χ1n) is 9.08. The highest BCUT2D eigenvalue weighted by Crippen LogP contribution is 2.29. The SMILES string of the molecule is Cc1nc(-c2nnn(C)c2NC(=O)OC(C)c2cncc(F)c2Cl)ccc1NS(C)(=O)=O. The van der Waals surface area contributed by atoms with Crippen LogP contribution in [0.2, 0.25) is 5.02 Å². The molecule has 3 aromatic rings. The Bertz CT molecular complexity index is 1280. The highest BCUT2D eigenvalue weighted by atomic mass is 35.5. The number of nitrogens with zero attached hydrogens (tertiary/aromatic N) is 5. The molecule has 0 aliphatic heterocycles. The minimum absolute atomic E-state index is 0.182. The summed E-state index contributed by atoms with van der Waals surface area (Å²) >= 11 is 5.91. The number of aromatic nitrogens is 5. The third-order valence-electron chi connectivity index (χ3n) is 4.26. The Labute approximate surface area is 188 Å². The number of halogens is 2. The van der Waals surface area contributed by atoms with E-state index in [9.17, 15) is 17.6 Å². The Hall–Kier alpha value is -3.32. The maximum atomic E-state index is 13.6. The van der Waals surface area contributed by atoms with Crippen LogP contribution in [0.1, 0.15) is 24.3 Å². The van der Waals surface area contributed by atoms with Crippen molar-refractivity contribution < 1.29 is 22.3 Å². The number of carbonyl (C=O) groups is 1. The third-order valence-corrected chi connectivity index (χ3v) is 5.25. The molecule has 3 heterocycles. The molecule has 32 heavy (non-hydrogen) atoms. The largest absolute Gasteiger partial charge is 0.441 e. The molecule has 170 valence electrons. The van der Waals surface area contributed by atoms with E-state index in [0.29, 0.717) is 17.1 Å². The molecule has 14 heteroatoms. The first kappa shape index (κ1) is 23.3. The van der Waals surface area contributed by atoms with Crippen molar-refractivity contribution in [3.63, 3.8) is 0 Å². The summed E-state index contributed by atoms with van der Waals surface area (Å²) in [7, 11) is -1.92. The summed E-state index contributed by atoms with van der Waals surface area (Å²) in [6.45, 7) is 3.13. The number of carbonyl (C=O) groups excluding carboxylic acids is 1. The van der Waals surface area contributed by atoms with Crippen LogP contribution < -0.4 is 10.0 Å². The van der Waals surface area contributed by atoms with E-state index in [2.05, 4.69) is 30.3 Å². The van der Waals surface area contributed by atoms with Crippen molar-refractivity contribution in [2.75, 3.05) is 16.3 Å². The van der Waals surface area contributed by atoms with E-state index in [1.54, 1.807) is 14.0 Å². The van der Waals surface area contributed by atoms with Crippen LogP contribution in [0.25, 0.3) is 11.4 Å². The summed E-state index contributed by atoms with van der Waals surface area (Å²) in [6.07, 6.45) is 1.54. The molecule has 0 aliphatic rings. The van der Waals surface area contributed by atoms with Crippen molar-refractivity contribution in [3.8, 4) is 11.4 Å². The van der Waals surface area contributed by atoms with E-state index in [1.807, 2.05) is 0 Å². The van der Waals surface area contributed by atoms with Gasteiger partial charge in [-0.25, -0.2) is 27.3 Å². The maximum absolute atomic E-state index is 13.6. The quantitative estimate of drug-likeness (QED) is 0.545. The lowest BCUT2D eigenvalue weighted by Crippen LogP contribution is -2.19. The molecule has 0 radical (unpaired) electrons. The summed E-state index contributed by atoms with van der Waals surface area (Å²) in [5.41, 5.74) is 1.49. The fourth-order valence-electron chi connectivity index (χ4n) is 2.74. The van der Waals surface area contributed by atoms with E-state index < -0.39 is 28.0 Å². The van der Waals surface area contributed by atoms with Gasteiger partial charge < -0.3 is 4.74 Å². The number of hydrogen-bond acceptors (Lipinski definition) is 8. The molecule has 0 spiro atoms. The van der Waals surface area contributed by atoms with Crippen LogP contribution in [-0.4, -0.2) is 45.7 Å². The minimum atomic E-state index is -3.47. The molecule has 0 saturated carbocycles. The molecular formula is C18H19ClFN7O4S. The second kappa shape index (κ2) is 9.04. The normalized spacial score (nSPS) is 12.3. The van der Waals surface area contributed by atoms with Crippen molar-refractivity contribution in [1.29, 1.82) is 0 Å². The van der Waals surface area contributed by atoms with Crippen LogP contribution in [-0.2, 0) is 21.8 Å². The first-order chi connectivity index (χ1) is 15.0. The fourth-order valence-corrected chi connectivity index (χ4v) is 3.60. The monoisotopic (exact) mass is 483 g/mol. The lowest BCUT2D eigenvalue weighted by atomic mass is 10.2. The van der Waals surface area contributed by atoms with Gasteiger partial charge in [-0.15, -0.1) is 5.10 Å². The Morgan fingerprint density at radius 2 is 2.03 bits per heavy atom. The highest BCUT2D eigenvalue weighted by Gasteiger charge is 2.22. The number of aryl methyl sites for hydroxylation is 2. The molecule has 0 aliphatic carbocycles. The topological polar surface area (TPSA) is 141 Å². The molecule has 0 aromatic carbocycles. The van der Waals surface area contributed by atoms with Gasteiger partial charge in [-0.1, -0.05) is 16.8 Å². The van der Waals surface area contributed by atoms with E-state index in [-0.39, 0.29) is 22.1 Å². The van der Waals surface area contributed by atoms with Gasteiger partial charge in [0.15, 0.2) is 17.3 Å². The van der Waals surface area contributed by atoms with Gasteiger partial charge >= 0.3 is 6.09 Å². The van der Waals surface area contributed by atoms with Crippen LogP contribution in [0.4, 0.5) is 20.7 Å². The van der Waals surface area contributed by atoms with Crippen LogP contribution >= 0.6 is 11.6 Å². The lowest BCUT2D eigenvalue weighted by molar-refractivity contribution is 0.120. The number of rotatable bonds is 6. The number of hydrogen-bond donors (Lipinski definition) is 2. The van der Waals surface area contributed by atoms with Gasteiger partial charge in [0.05, 0.1) is 34.6 Å². The Morgan fingerprint density at radius 1 is 1.31 bits per heavy atom. The Morgan fingerprint density at radius 3 is 2.69 bits per heavy atom. The van der Waals surface area contributed by atoms with Crippen LogP contribution in [0.5, 0.6) is 0 Å². The molecule has 0 saturated heterocycles. The zero-order chi connectivity index (χ0) is 23.6. The van der Waals surface area contributed by atoms with E-state index in [0.717, 1.165) is 12.5 Å². The van der Waals surface area contributed by atoms with Crippen molar-refractivity contribution in [3.05, 3.63) is 46.6 Å². The Kier molecular flexibility index (Phi) is 6.60. The Balaban J connectivity index is 1.81. The van der Waals surface area contributed by atoms with Gasteiger partial charge in [0, 0.05) is 18.8 Å². The molecule has 1 unspecified atom stereocenters. The molecule has 3 aromatic heterocycles. The molecule has 2 N–H and O–H groups in total. The van der Waals surface area contributed by atoms with E-state index in [1.165, 1.54) is 29.9 Å². The zero-order valence-electron chi connectivity index (χ0n) is 17.4. The van der Waals surface area contributed by atoms with Crippen LogP contribution in [0.3, 0.4) is 0 Å². The molecule has 1 atom stereocenters. The molecule has 11 nitrogen and oxygen atoms in total. The molecule has 0 fully saturated rings. The number of pyridine rings is 2. The van der Waals surface area contributed by atoms with Crippen molar-refractivity contribution in [2.45, 2.75) is 20.0 Å². The first-order valence-corrected chi connectivity index (χ1v) is 11.3. The third kappa shape index (κ3) is 5.29. The predicted octanol–water partition coefficient (Wildman–Crippen LogP) is 3.05. The summed E-state index contributed by atoms with van der Waals surface area (Å²) < 4.78 is 45.5. The number of sulfonamides is 1. The number of nitrogens with one attached hydrogen (secondary N) is 2. The lowest BCUT2D eigenvalue weighted by Gasteiger charge is -2.15. The number of ether oxygens (including phenoxy) is 1. The van der Waals surface area contributed by atoms with Gasteiger partial charge in [-0.05, 0) is 26.0 Å². The number of amides is 1. The smallest absolute Gasteiger partial charge is 0.413 e. The summed E-state index contributed by atoms with van der Waals surface area (Å²) in [5.74, 6) is -0.546. The zero-order valence-corrected chi connectivity index (χ0v) is 19.0. The van der Waals surface area contributed by atoms with Gasteiger partial charge in [0.1, 0.15) is 6.10 Å². The molecule has 0 bridgehead atoms. The maximum Gasteiger partial charge on any atom is 0.413 e. The minimum Gasteiger partial charge on any atom is -0.441 e. The second-order valence-corrected chi connectivity index (χ2v) is 8.94. The number of anilines is 2. The van der Waals surface area contributed by atoms with Crippen molar-refractivity contribution in [2.24, 2.45) is 7.05 Å². The average molecular weight is 484 g/mol. The van der Waals surface area contributed by atoms with Gasteiger partial charge in [0.2, 0.25) is 10.0 Å². The molecule has 3 rings (SSSR count). The van der Waals surface area contributed by atoms with Crippen molar-refractivity contribution >= 4 is 39.2 Å². The fraction of sp³-hybridized carbons (Fsp3) is 0.278. The van der Waals surface area contributed by atoms with E-state index >= 15 is 0 Å². The van der Waals surface area contributed by atoms with E-state index in [4.69, 9.17) is 16.3 Å². The van der Waals surface area contributed by atoms with Crippen LogP contribution in [0, 0.1) is 12.7 Å². The summed E-state index contributed by atoms with van der Waals surface area (Å²) in [6, 6.07) is 3.05. The van der Waals surface area contributed by atoms with Crippen molar-refractivity contribution in [1.82, 2.24) is 25.0 Å². The summed E-state index contributed by atoms with van der Waals surface area (Å²) in [4.78, 5) is 20.5. The highest BCUT2D eigenvalue weighted by molar-refractivity contribution is 7.92. The van der Waals surface area contributed by atoms with Gasteiger partial charge in [-0.3, -0.25) is 15.0 Å². The van der Waals surface area contributed by atoms with Crippen LogP contribution in [0.15, 0.2) is 24.5 Å². The molecular weight excluding hydrogens is 465 g/mol. The second-order valence-electron chi connectivity index (χ2n) is 6.81. The average Bonchev–Trinajstić information content (AvgIpc) is 3.04. The predicted molar refractivity (Wildman–Crippen MR) is 115 cm³/mol. The van der Waals surface area contributed by atoms with Gasteiger partial charge in [-0.2, -0.15) is 0 Å². The molecule has 1 amide bonds. The standard InChI is InChI=1S/C18H19ClFN7O4S/c1-9-13(25-32(4,29)30)5-6-14(22-9)16-17(27(3)26-24-16)23-18(28)31-10(2)11-7-21-8-12(20)15(11)19/h5-8,10,25H,1-4H3,(H,23,28).